The number of amides is 1. The molecule has 2 aromatic carbocycles. The largest absolute Gasteiger partial charge is 0.342 e. The number of nitrogens with zero attached hydrogens (tertiary/aromatic N) is 5. The fourth-order valence-electron chi connectivity index (χ4n) is 4.52. The highest BCUT2D eigenvalue weighted by Gasteiger charge is 2.27. The lowest BCUT2D eigenvalue weighted by Crippen LogP contribution is -2.47. The van der Waals surface area contributed by atoms with E-state index in [0.717, 1.165) is 42.7 Å². The van der Waals surface area contributed by atoms with E-state index in [2.05, 4.69) is 18.7 Å². The van der Waals surface area contributed by atoms with Crippen LogP contribution in [0.2, 0.25) is 0 Å². The summed E-state index contributed by atoms with van der Waals surface area (Å²) in [5.74, 6) is 0.0544. The molecule has 4 rings (SSSR count). The van der Waals surface area contributed by atoms with Crippen LogP contribution in [0.1, 0.15) is 32.3 Å². The Kier molecular flexibility index (Phi) is 7.07. The van der Waals surface area contributed by atoms with E-state index in [-0.39, 0.29) is 24.1 Å². The maximum Gasteiger partial charge on any atom is 0.269 e. The number of benzene rings is 2. The number of rotatable bonds is 7. The molecule has 1 aliphatic rings. The average Bonchev–Trinajstić information content (AvgIpc) is 3.28. The number of nitro benzene ring substituents is 1. The predicted molar refractivity (Wildman–Crippen MR) is 132 cm³/mol. The number of nitro groups is 1. The Morgan fingerprint density at radius 1 is 1.12 bits per heavy atom. The number of likely N-dealkylation sites (N-methyl/N-ethyl adjacent to an activating group) is 1. The fourth-order valence-corrected chi connectivity index (χ4v) is 4.52. The van der Waals surface area contributed by atoms with E-state index < -0.39 is 4.92 Å². The average molecular weight is 462 g/mol. The van der Waals surface area contributed by atoms with E-state index in [1.165, 1.54) is 12.1 Å². The second-order valence-corrected chi connectivity index (χ2v) is 9.13. The maximum atomic E-state index is 13.3. The van der Waals surface area contributed by atoms with Crippen molar-refractivity contribution < 1.29 is 9.72 Å². The van der Waals surface area contributed by atoms with Gasteiger partial charge in [-0.05, 0) is 51.0 Å². The molecular weight excluding hydrogens is 430 g/mol. The first-order valence-electron chi connectivity index (χ1n) is 11.7. The summed E-state index contributed by atoms with van der Waals surface area (Å²) in [7, 11) is 1.89. The molecular formula is C26H31N5O3. The lowest BCUT2D eigenvalue weighted by atomic mass is 10.0. The molecule has 1 aromatic heterocycles. The zero-order chi connectivity index (χ0) is 24.2. The van der Waals surface area contributed by atoms with Gasteiger partial charge in [0.25, 0.3) is 5.69 Å². The number of carbonyl (C=O) groups excluding carboxylic acids is 1. The summed E-state index contributed by atoms with van der Waals surface area (Å²) in [6, 6.07) is 16.8. The molecule has 34 heavy (non-hydrogen) atoms. The fraction of sp³-hybridized carbons (Fsp3) is 0.385. The van der Waals surface area contributed by atoms with Gasteiger partial charge in [-0.2, -0.15) is 5.10 Å². The highest BCUT2D eigenvalue weighted by molar-refractivity contribution is 5.81. The van der Waals surface area contributed by atoms with Crippen LogP contribution in [0, 0.1) is 10.1 Å². The van der Waals surface area contributed by atoms with Crippen molar-refractivity contribution in [2.75, 3.05) is 20.1 Å². The summed E-state index contributed by atoms with van der Waals surface area (Å²) in [6.45, 7) is 6.42. The normalized spacial score (nSPS) is 14.9. The lowest BCUT2D eigenvalue weighted by Gasteiger charge is -2.38. The van der Waals surface area contributed by atoms with Gasteiger partial charge in [0.1, 0.15) is 0 Å². The van der Waals surface area contributed by atoms with Crippen LogP contribution in [-0.4, -0.2) is 62.6 Å². The monoisotopic (exact) mass is 461 g/mol. The van der Waals surface area contributed by atoms with Gasteiger partial charge < -0.3 is 9.80 Å². The first-order valence-corrected chi connectivity index (χ1v) is 11.7. The summed E-state index contributed by atoms with van der Waals surface area (Å²) in [6.07, 6.45) is 4.05. The van der Waals surface area contributed by atoms with Crippen molar-refractivity contribution in [3.05, 3.63) is 76.5 Å². The van der Waals surface area contributed by atoms with Crippen LogP contribution in [0.4, 0.5) is 5.69 Å². The molecule has 0 saturated carbocycles. The summed E-state index contributed by atoms with van der Waals surface area (Å²) < 4.78 is 1.76. The van der Waals surface area contributed by atoms with Crippen molar-refractivity contribution in [2.45, 2.75) is 45.2 Å². The highest BCUT2D eigenvalue weighted by Crippen LogP contribution is 2.27. The number of hydrogen-bond acceptors (Lipinski definition) is 5. The summed E-state index contributed by atoms with van der Waals surface area (Å²) in [5.41, 5.74) is 3.12. The molecule has 8 nitrogen and oxygen atoms in total. The molecule has 0 radical (unpaired) electrons. The van der Waals surface area contributed by atoms with E-state index in [0.29, 0.717) is 11.7 Å². The summed E-state index contributed by atoms with van der Waals surface area (Å²) in [5, 5.41) is 15.8. The number of hydrogen-bond donors (Lipinski definition) is 0. The smallest absolute Gasteiger partial charge is 0.269 e. The number of carbonyl (C=O) groups is 1. The van der Waals surface area contributed by atoms with Crippen LogP contribution in [-0.2, 0) is 11.2 Å². The van der Waals surface area contributed by atoms with Crippen molar-refractivity contribution in [3.63, 3.8) is 0 Å². The molecule has 1 aliphatic heterocycles. The standard InChI is InChI=1S/C26H31N5O3/c1-19(2)29-15-13-22(14-16-29)28(3)25(32)17-21-18-30(23-7-5-4-6-8-23)27-26(21)20-9-11-24(12-10-20)31(33)34/h4-12,18-19,22H,13-17H2,1-3H3. The molecule has 0 N–H and O–H groups in total. The Balaban J connectivity index is 1.58. The first-order chi connectivity index (χ1) is 16.3. The SMILES string of the molecule is CC(C)N1CCC(N(C)C(=O)Cc2cn(-c3ccccc3)nc2-c2ccc([N+](=O)[O-])cc2)CC1. The molecule has 2 heterocycles. The van der Waals surface area contributed by atoms with E-state index in [1.807, 2.05) is 48.5 Å². The molecule has 1 amide bonds. The van der Waals surface area contributed by atoms with Crippen LogP contribution in [0.15, 0.2) is 60.8 Å². The zero-order valence-electron chi connectivity index (χ0n) is 19.9. The van der Waals surface area contributed by atoms with E-state index >= 15 is 0 Å². The van der Waals surface area contributed by atoms with Gasteiger partial charge in [-0.3, -0.25) is 14.9 Å². The van der Waals surface area contributed by atoms with Gasteiger partial charge in [-0.15, -0.1) is 0 Å². The Morgan fingerprint density at radius 3 is 2.35 bits per heavy atom. The minimum Gasteiger partial charge on any atom is -0.342 e. The third-order valence-electron chi connectivity index (χ3n) is 6.67. The van der Waals surface area contributed by atoms with Gasteiger partial charge in [0, 0.05) is 61.7 Å². The molecule has 0 aliphatic carbocycles. The molecule has 8 heteroatoms. The second-order valence-electron chi connectivity index (χ2n) is 9.13. The predicted octanol–water partition coefficient (Wildman–Crippen LogP) is 4.32. The Labute approximate surface area is 199 Å². The van der Waals surface area contributed by atoms with Gasteiger partial charge in [0.2, 0.25) is 5.91 Å². The maximum absolute atomic E-state index is 13.3. The molecule has 3 aromatic rings. The minimum atomic E-state index is -0.420. The van der Waals surface area contributed by atoms with Crippen molar-refractivity contribution in [2.24, 2.45) is 0 Å². The van der Waals surface area contributed by atoms with Gasteiger partial charge in [-0.1, -0.05) is 18.2 Å². The third kappa shape index (κ3) is 5.17. The van der Waals surface area contributed by atoms with Crippen LogP contribution in [0.5, 0.6) is 0 Å². The van der Waals surface area contributed by atoms with E-state index in [1.54, 1.807) is 16.8 Å². The van der Waals surface area contributed by atoms with Gasteiger partial charge in [0.05, 0.1) is 22.7 Å². The van der Waals surface area contributed by atoms with Crippen LogP contribution >= 0.6 is 0 Å². The molecule has 0 bridgehead atoms. The van der Waals surface area contributed by atoms with Crippen LogP contribution in [0.25, 0.3) is 16.9 Å². The van der Waals surface area contributed by atoms with Crippen molar-refractivity contribution in [1.82, 2.24) is 19.6 Å². The molecule has 178 valence electrons. The number of likely N-dealkylation sites (tertiary alicyclic amines) is 1. The lowest BCUT2D eigenvalue weighted by molar-refractivity contribution is -0.384. The molecule has 1 saturated heterocycles. The van der Waals surface area contributed by atoms with Crippen molar-refractivity contribution in [1.29, 1.82) is 0 Å². The molecule has 0 atom stereocenters. The van der Waals surface area contributed by atoms with Gasteiger partial charge in [-0.25, -0.2) is 4.68 Å². The Bertz CT molecular complexity index is 1130. The van der Waals surface area contributed by atoms with E-state index in [4.69, 9.17) is 5.10 Å². The van der Waals surface area contributed by atoms with Crippen LogP contribution < -0.4 is 0 Å². The summed E-state index contributed by atoms with van der Waals surface area (Å²) >= 11 is 0. The van der Waals surface area contributed by atoms with Gasteiger partial charge >= 0.3 is 0 Å². The molecule has 1 fully saturated rings. The molecule has 0 spiro atoms. The Morgan fingerprint density at radius 2 is 1.76 bits per heavy atom. The van der Waals surface area contributed by atoms with Crippen molar-refractivity contribution >= 4 is 11.6 Å². The Hall–Kier alpha value is -3.52. The quantitative estimate of drug-likeness (QED) is 0.386. The minimum absolute atomic E-state index is 0.0244. The molecule has 0 unspecified atom stereocenters. The van der Waals surface area contributed by atoms with E-state index in [9.17, 15) is 14.9 Å². The van der Waals surface area contributed by atoms with Crippen molar-refractivity contribution in [3.8, 4) is 16.9 Å². The second kappa shape index (κ2) is 10.2. The number of aromatic nitrogens is 2. The number of para-hydroxylation sites is 1. The number of non-ortho nitro benzene ring substituents is 1. The topological polar surface area (TPSA) is 84.5 Å². The third-order valence-corrected chi connectivity index (χ3v) is 6.67. The zero-order valence-corrected chi connectivity index (χ0v) is 19.9. The highest BCUT2D eigenvalue weighted by atomic mass is 16.6. The van der Waals surface area contributed by atoms with Gasteiger partial charge in [0.15, 0.2) is 0 Å². The first kappa shape index (κ1) is 23.6. The van der Waals surface area contributed by atoms with Crippen LogP contribution in [0.3, 0.4) is 0 Å². The number of piperidine rings is 1. The summed E-state index contributed by atoms with van der Waals surface area (Å²) in [4.78, 5) is 28.3.